The maximum absolute atomic E-state index is 11.3. The lowest BCUT2D eigenvalue weighted by Crippen LogP contribution is -2.08. The Labute approximate surface area is 149 Å². The van der Waals surface area contributed by atoms with Gasteiger partial charge in [-0.05, 0) is 30.3 Å². The van der Waals surface area contributed by atoms with Crippen LogP contribution in [-0.2, 0) is 6.42 Å². The first kappa shape index (κ1) is 16.0. The van der Waals surface area contributed by atoms with Crippen LogP contribution < -0.4 is 5.32 Å². The standard InChI is InChI=1S/C20H16N4O2/c25-20(26)13-4-5-15-17-12-21-9-7-16(17)19(24-18(15)11-13)23-10-6-14-3-1-2-8-22-14/h1-5,7-9,11-12H,6,10H2,(H,23,24)(H,25,26). The van der Waals surface area contributed by atoms with Crippen LogP contribution in [0.3, 0.4) is 0 Å². The van der Waals surface area contributed by atoms with Gasteiger partial charge in [-0.1, -0.05) is 12.1 Å². The van der Waals surface area contributed by atoms with Crippen molar-refractivity contribution in [2.45, 2.75) is 6.42 Å². The molecular weight excluding hydrogens is 328 g/mol. The molecule has 0 bridgehead atoms. The Morgan fingerprint density at radius 3 is 2.77 bits per heavy atom. The summed E-state index contributed by atoms with van der Waals surface area (Å²) in [7, 11) is 0. The molecule has 1 aromatic carbocycles. The Kier molecular flexibility index (Phi) is 4.15. The molecule has 0 spiro atoms. The number of rotatable bonds is 5. The number of carboxylic acids is 1. The lowest BCUT2D eigenvalue weighted by Gasteiger charge is -2.11. The molecule has 0 atom stereocenters. The highest BCUT2D eigenvalue weighted by atomic mass is 16.4. The molecule has 4 aromatic rings. The van der Waals surface area contributed by atoms with E-state index in [-0.39, 0.29) is 5.56 Å². The van der Waals surface area contributed by atoms with Crippen LogP contribution in [0, 0.1) is 0 Å². The summed E-state index contributed by atoms with van der Waals surface area (Å²) in [5.74, 6) is -0.252. The Morgan fingerprint density at radius 2 is 1.96 bits per heavy atom. The summed E-state index contributed by atoms with van der Waals surface area (Å²) in [5, 5.41) is 15.4. The van der Waals surface area contributed by atoms with Gasteiger partial charge in [-0.2, -0.15) is 0 Å². The van der Waals surface area contributed by atoms with Crippen LogP contribution in [0.1, 0.15) is 16.1 Å². The molecule has 4 rings (SSSR count). The molecule has 0 saturated heterocycles. The van der Waals surface area contributed by atoms with Crippen LogP contribution in [0.15, 0.2) is 61.1 Å². The largest absolute Gasteiger partial charge is 0.478 e. The lowest BCUT2D eigenvalue weighted by atomic mass is 10.1. The van der Waals surface area contributed by atoms with Crippen LogP contribution in [-0.4, -0.2) is 32.6 Å². The number of benzene rings is 1. The number of carboxylic acid groups (broad SMARTS) is 1. The first-order chi connectivity index (χ1) is 12.7. The molecule has 3 aromatic heterocycles. The molecule has 0 radical (unpaired) electrons. The van der Waals surface area contributed by atoms with Crippen molar-refractivity contribution >= 4 is 33.5 Å². The van der Waals surface area contributed by atoms with E-state index >= 15 is 0 Å². The molecule has 0 amide bonds. The number of anilines is 1. The van der Waals surface area contributed by atoms with E-state index in [0.29, 0.717) is 17.9 Å². The number of carbonyl (C=O) groups is 1. The van der Waals surface area contributed by atoms with E-state index in [1.54, 1.807) is 36.8 Å². The molecule has 0 unspecified atom stereocenters. The van der Waals surface area contributed by atoms with Crippen LogP contribution in [0.25, 0.3) is 21.7 Å². The van der Waals surface area contributed by atoms with Crippen molar-refractivity contribution < 1.29 is 9.90 Å². The number of pyridine rings is 3. The summed E-state index contributed by atoms with van der Waals surface area (Å²) in [6.07, 6.45) is 6.05. The van der Waals surface area contributed by atoms with Gasteiger partial charge in [0.15, 0.2) is 0 Å². The third-order valence-electron chi connectivity index (χ3n) is 4.24. The van der Waals surface area contributed by atoms with E-state index in [1.807, 2.05) is 24.3 Å². The first-order valence-electron chi connectivity index (χ1n) is 8.27. The maximum atomic E-state index is 11.3. The summed E-state index contributed by atoms with van der Waals surface area (Å²) in [6, 6.07) is 12.7. The van der Waals surface area contributed by atoms with Crippen molar-refractivity contribution in [1.82, 2.24) is 15.0 Å². The van der Waals surface area contributed by atoms with Gasteiger partial charge >= 0.3 is 5.97 Å². The van der Waals surface area contributed by atoms with Crippen LogP contribution in [0.2, 0.25) is 0 Å². The second-order valence-corrected chi connectivity index (χ2v) is 5.92. The average molecular weight is 344 g/mol. The fraction of sp³-hybridized carbons (Fsp3) is 0.100. The molecule has 0 aliphatic rings. The zero-order chi connectivity index (χ0) is 17.9. The summed E-state index contributed by atoms with van der Waals surface area (Å²) in [5.41, 5.74) is 1.85. The summed E-state index contributed by atoms with van der Waals surface area (Å²) >= 11 is 0. The second-order valence-electron chi connectivity index (χ2n) is 5.92. The van der Waals surface area contributed by atoms with Gasteiger partial charge in [0, 0.05) is 53.4 Å². The highest BCUT2D eigenvalue weighted by molar-refractivity contribution is 6.10. The highest BCUT2D eigenvalue weighted by Gasteiger charge is 2.11. The minimum atomic E-state index is -0.968. The second kappa shape index (κ2) is 6.76. The number of nitrogens with one attached hydrogen (secondary N) is 1. The molecule has 0 aliphatic carbocycles. The fourth-order valence-electron chi connectivity index (χ4n) is 2.97. The topological polar surface area (TPSA) is 88.0 Å². The SMILES string of the molecule is O=C(O)c1ccc2c(c1)nc(NCCc1ccccn1)c1ccncc12. The monoisotopic (exact) mass is 344 g/mol. The minimum absolute atomic E-state index is 0.215. The van der Waals surface area contributed by atoms with E-state index in [1.165, 1.54) is 0 Å². The molecular formula is C20H16N4O2. The maximum Gasteiger partial charge on any atom is 0.335 e. The average Bonchev–Trinajstić information content (AvgIpc) is 2.68. The van der Waals surface area contributed by atoms with E-state index < -0.39 is 5.97 Å². The van der Waals surface area contributed by atoms with E-state index in [4.69, 9.17) is 0 Å². The minimum Gasteiger partial charge on any atom is -0.478 e. The van der Waals surface area contributed by atoms with Crippen LogP contribution in [0.4, 0.5) is 5.82 Å². The Morgan fingerprint density at radius 1 is 1.04 bits per heavy atom. The van der Waals surface area contributed by atoms with Gasteiger partial charge in [0.1, 0.15) is 5.82 Å². The van der Waals surface area contributed by atoms with E-state index in [0.717, 1.165) is 28.3 Å². The number of aromatic nitrogens is 3. The summed E-state index contributed by atoms with van der Waals surface area (Å²) in [4.78, 5) is 24.4. The molecule has 128 valence electrons. The van der Waals surface area contributed by atoms with Crippen molar-refractivity contribution in [1.29, 1.82) is 0 Å². The molecule has 0 aliphatic heterocycles. The molecule has 3 heterocycles. The van der Waals surface area contributed by atoms with Crippen molar-refractivity contribution in [3.63, 3.8) is 0 Å². The predicted molar refractivity (Wildman–Crippen MR) is 100 cm³/mol. The quantitative estimate of drug-likeness (QED) is 0.539. The van der Waals surface area contributed by atoms with Crippen molar-refractivity contribution in [2.75, 3.05) is 11.9 Å². The number of aromatic carboxylic acids is 1. The van der Waals surface area contributed by atoms with E-state index in [2.05, 4.69) is 20.3 Å². The molecule has 0 fully saturated rings. The molecule has 0 saturated carbocycles. The van der Waals surface area contributed by atoms with Crippen molar-refractivity contribution in [2.24, 2.45) is 0 Å². The molecule has 6 heteroatoms. The molecule has 6 nitrogen and oxygen atoms in total. The Bertz CT molecular complexity index is 1100. The molecule has 26 heavy (non-hydrogen) atoms. The fourth-order valence-corrected chi connectivity index (χ4v) is 2.97. The predicted octanol–water partition coefficient (Wildman–Crippen LogP) is 3.53. The number of nitrogens with zero attached hydrogens (tertiary/aromatic N) is 3. The van der Waals surface area contributed by atoms with Gasteiger partial charge < -0.3 is 10.4 Å². The zero-order valence-corrected chi connectivity index (χ0v) is 13.9. The van der Waals surface area contributed by atoms with Gasteiger partial charge in [0.2, 0.25) is 0 Å². The van der Waals surface area contributed by atoms with Crippen molar-refractivity contribution in [3.8, 4) is 0 Å². The Balaban J connectivity index is 1.72. The summed E-state index contributed by atoms with van der Waals surface area (Å²) in [6.45, 7) is 0.672. The van der Waals surface area contributed by atoms with Gasteiger partial charge in [-0.25, -0.2) is 9.78 Å². The number of fused-ring (bicyclic) bond motifs is 3. The smallest absolute Gasteiger partial charge is 0.335 e. The third-order valence-corrected chi connectivity index (χ3v) is 4.24. The zero-order valence-electron chi connectivity index (χ0n) is 13.9. The lowest BCUT2D eigenvalue weighted by molar-refractivity contribution is 0.0697. The first-order valence-corrected chi connectivity index (χ1v) is 8.27. The number of hydrogen-bond acceptors (Lipinski definition) is 5. The molecule has 2 N–H and O–H groups in total. The number of hydrogen-bond donors (Lipinski definition) is 2. The van der Waals surface area contributed by atoms with Crippen LogP contribution >= 0.6 is 0 Å². The van der Waals surface area contributed by atoms with Gasteiger partial charge in [0.25, 0.3) is 0 Å². The van der Waals surface area contributed by atoms with Gasteiger partial charge in [-0.15, -0.1) is 0 Å². The summed E-state index contributed by atoms with van der Waals surface area (Å²) < 4.78 is 0. The van der Waals surface area contributed by atoms with Crippen molar-refractivity contribution in [3.05, 3.63) is 72.3 Å². The van der Waals surface area contributed by atoms with Crippen LogP contribution in [0.5, 0.6) is 0 Å². The van der Waals surface area contributed by atoms with Gasteiger partial charge in [0.05, 0.1) is 11.1 Å². The normalized spacial score (nSPS) is 10.9. The third kappa shape index (κ3) is 3.04. The van der Waals surface area contributed by atoms with E-state index in [9.17, 15) is 9.90 Å². The van der Waals surface area contributed by atoms with Gasteiger partial charge in [-0.3, -0.25) is 9.97 Å². The highest BCUT2D eigenvalue weighted by Crippen LogP contribution is 2.29. The Hall–Kier alpha value is -3.54.